The van der Waals surface area contributed by atoms with Crippen LogP contribution in [0, 0.1) is 5.92 Å². The molecule has 0 atom stereocenters. The van der Waals surface area contributed by atoms with Crippen LogP contribution in [0.25, 0.3) is 11.0 Å². The number of rotatable bonds is 4. The largest absolute Gasteiger partial charge is 0.477 e. The molecule has 1 saturated carbocycles. The number of halogens is 1. The molecule has 1 aliphatic carbocycles. The van der Waals surface area contributed by atoms with Crippen LogP contribution in [-0.2, 0) is 0 Å². The van der Waals surface area contributed by atoms with Crippen molar-refractivity contribution in [2.75, 3.05) is 6.61 Å². The summed E-state index contributed by atoms with van der Waals surface area (Å²) in [4.78, 5) is 8.11. The normalized spacial score (nSPS) is 16.1. The molecule has 1 aliphatic rings. The van der Waals surface area contributed by atoms with Crippen LogP contribution in [0.5, 0.6) is 5.88 Å². The fourth-order valence-electron chi connectivity index (χ4n) is 2.00. The number of hydrogen-bond acceptors (Lipinski definition) is 4. The third-order valence-corrected chi connectivity index (χ3v) is 3.41. The van der Waals surface area contributed by atoms with E-state index in [0.717, 1.165) is 17.7 Å². The van der Waals surface area contributed by atoms with Crippen LogP contribution in [-0.4, -0.2) is 26.8 Å². The van der Waals surface area contributed by atoms with Gasteiger partial charge in [-0.2, -0.15) is 15.1 Å². The average Bonchev–Trinajstić information content (AvgIpc) is 2.69. The monoisotopic (exact) mass is 252 g/mol. The summed E-state index contributed by atoms with van der Waals surface area (Å²) in [5.74, 6) is 1.35. The molecule has 0 aliphatic heterocycles. The van der Waals surface area contributed by atoms with Gasteiger partial charge in [0, 0.05) is 0 Å². The Hall–Kier alpha value is -1.36. The Morgan fingerprint density at radius 3 is 3.06 bits per heavy atom. The van der Waals surface area contributed by atoms with Gasteiger partial charge in [0.25, 0.3) is 0 Å². The SMILES string of the molecule is Clc1nc(OCCC2CCC2)c2cn[nH]c2n1. The summed E-state index contributed by atoms with van der Waals surface area (Å²) in [7, 11) is 0. The standard InChI is InChI=1S/C11H13ClN4O/c12-11-14-9-8(6-13-16-9)10(15-11)17-5-4-7-2-1-3-7/h6-7H,1-5H2,(H,13,14,15,16). The zero-order valence-corrected chi connectivity index (χ0v) is 10.1. The summed E-state index contributed by atoms with van der Waals surface area (Å²) in [5.41, 5.74) is 0.614. The van der Waals surface area contributed by atoms with Crippen LogP contribution in [0.2, 0.25) is 5.28 Å². The minimum absolute atomic E-state index is 0.181. The Morgan fingerprint density at radius 1 is 1.41 bits per heavy atom. The molecule has 90 valence electrons. The van der Waals surface area contributed by atoms with Gasteiger partial charge >= 0.3 is 0 Å². The Kier molecular flexibility index (Phi) is 2.84. The van der Waals surface area contributed by atoms with Crippen molar-refractivity contribution in [3.63, 3.8) is 0 Å². The van der Waals surface area contributed by atoms with Crippen molar-refractivity contribution >= 4 is 22.6 Å². The maximum atomic E-state index is 5.81. The number of hydrogen-bond donors (Lipinski definition) is 1. The number of nitrogens with zero attached hydrogens (tertiary/aromatic N) is 3. The molecule has 17 heavy (non-hydrogen) atoms. The molecule has 0 unspecified atom stereocenters. The molecule has 1 fully saturated rings. The number of H-pyrrole nitrogens is 1. The van der Waals surface area contributed by atoms with E-state index in [1.165, 1.54) is 19.3 Å². The van der Waals surface area contributed by atoms with E-state index in [1.54, 1.807) is 6.20 Å². The molecular weight excluding hydrogens is 240 g/mol. The summed E-state index contributed by atoms with van der Waals surface area (Å²) in [6.07, 6.45) is 6.76. The van der Waals surface area contributed by atoms with Crippen molar-refractivity contribution in [2.24, 2.45) is 5.92 Å². The molecule has 0 amide bonds. The van der Waals surface area contributed by atoms with Crippen molar-refractivity contribution in [3.8, 4) is 5.88 Å². The van der Waals surface area contributed by atoms with Crippen LogP contribution < -0.4 is 4.74 Å². The molecule has 0 saturated heterocycles. The van der Waals surface area contributed by atoms with Gasteiger partial charge in [-0.05, 0) is 23.9 Å². The van der Waals surface area contributed by atoms with Crippen molar-refractivity contribution < 1.29 is 4.74 Å². The first kappa shape index (κ1) is 10.8. The number of aromatic amines is 1. The minimum Gasteiger partial charge on any atom is -0.477 e. The van der Waals surface area contributed by atoms with E-state index in [2.05, 4.69) is 20.2 Å². The first-order chi connectivity index (χ1) is 8.33. The van der Waals surface area contributed by atoms with Gasteiger partial charge < -0.3 is 4.74 Å². The molecule has 2 aromatic heterocycles. The molecular formula is C11H13ClN4O. The summed E-state index contributed by atoms with van der Waals surface area (Å²) in [5, 5.41) is 7.63. The van der Waals surface area contributed by atoms with E-state index in [1.807, 2.05) is 0 Å². The number of fused-ring (bicyclic) bond motifs is 1. The lowest BCUT2D eigenvalue weighted by atomic mass is 9.83. The highest BCUT2D eigenvalue weighted by Gasteiger charge is 2.17. The molecule has 0 spiro atoms. The van der Waals surface area contributed by atoms with E-state index in [4.69, 9.17) is 16.3 Å². The Morgan fingerprint density at radius 2 is 2.29 bits per heavy atom. The second-order valence-electron chi connectivity index (χ2n) is 4.36. The van der Waals surface area contributed by atoms with Gasteiger partial charge in [-0.15, -0.1) is 0 Å². The maximum absolute atomic E-state index is 5.81. The third kappa shape index (κ3) is 2.20. The average molecular weight is 253 g/mol. The Labute approximate surface area is 104 Å². The highest BCUT2D eigenvalue weighted by atomic mass is 35.5. The fraction of sp³-hybridized carbons (Fsp3) is 0.545. The van der Waals surface area contributed by atoms with Crippen LogP contribution in [0.3, 0.4) is 0 Å². The summed E-state index contributed by atoms with van der Waals surface area (Å²) >= 11 is 5.81. The number of aromatic nitrogens is 4. The van der Waals surface area contributed by atoms with Gasteiger partial charge in [0.15, 0.2) is 5.65 Å². The van der Waals surface area contributed by atoms with Crippen molar-refractivity contribution in [1.29, 1.82) is 0 Å². The van der Waals surface area contributed by atoms with E-state index >= 15 is 0 Å². The van der Waals surface area contributed by atoms with Crippen molar-refractivity contribution in [3.05, 3.63) is 11.5 Å². The minimum atomic E-state index is 0.181. The molecule has 2 heterocycles. The van der Waals surface area contributed by atoms with Gasteiger partial charge in [-0.1, -0.05) is 19.3 Å². The van der Waals surface area contributed by atoms with E-state index < -0.39 is 0 Å². The van der Waals surface area contributed by atoms with E-state index in [-0.39, 0.29) is 5.28 Å². The zero-order chi connectivity index (χ0) is 11.7. The van der Waals surface area contributed by atoms with Gasteiger partial charge in [0.1, 0.15) is 5.39 Å². The first-order valence-corrected chi connectivity index (χ1v) is 6.20. The predicted molar refractivity (Wildman–Crippen MR) is 64.1 cm³/mol. The highest BCUT2D eigenvalue weighted by Crippen LogP contribution is 2.30. The topological polar surface area (TPSA) is 63.7 Å². The molecule has 3 rings (SSSR count). The van der Waals surface area contributed by atoms with Gasteiger partial charge in [0.05, 0.1) is 12.8 Å². The Bertz CT molecular complexity index is 523. The highest BCUT2D eigenvalue weighted by molar-refractivity contribution is 6.28. The molecule has 0 bridgehead atoms. The number of ether oxygens (including phenoxy) is 1. The lowest BCUT2D eigenvalue weighted by molar-refractivity contribution is 0.219. The van der Waals surface area contributed by atoms with Crippen LogP contribution in [0.4, 0.5) is 0 Å². The summed E-state index contributed by atoms with van der Waals surface area (Å²) < 4.78 is 5.67. The molecule has 0 aromatic carbocycles. The third-order valence-electron chi connectivity index (χ3n) is 3.24. The van der Waals surface area contributed by atoms with Gasteiger partial charge in [0.2, 0.25) is 11.2 Å². The van der Waals surface area contributed by atoms with Crippen molar-refractivity contribution in [2.45, 2.75) is 25.7 Å². The zero-order valence-electron chi connectivity index (χ0n) is 9.32. The summed E-state index contributed by atoms with van der Waals surface area (Å²) in [6, 6.07) is 0. The molecule has 5 nitrogen and oxygen atoms in total. The van der Waals surface area contributed by atoms with Gasteiger partial charge in [-0.3, -0.25) is 5.10 Å². The first-order valence-electron chi connectivity index (χ1n) is 5.82. The lowest BCUT2D eigenvalue weighted by Gasteiger charge is -2.24. The van der Waals surface area contributed by atoms with Gasteiger partial charge in [-0.25, -0.2) is 0 Å². The van der Waals surface area contributed by atoms with Crippen molar-refractivity contribution in [1.82, 2.24) is 20.2 Å². The van der Waals surface area contributed by atoms with Crippen LogP contribution in [0.1, 0.15) is 25.7 Å². The second-order valence-corrected chi connectivity index (χ2v) is 4.70. The van der Waals surface area contributed by atoms with Crippen LogP contribution >= 0.6 is 11.6 Å². The molecule has 0 radical (unpaired) electrons. The summed E-state index contributed by atoms with van der Waals surface area (Å²) in [6.45, 7) is 0.679. The quantitative estimate of drug-likeness (QED) is 0.850. The maximum Gasteiger partial charge on any atom is 0.229 e. The van der Waals surface area contributed by atoms with E-state index in [0.29, 0.717) is 18.1 Å². The predicted octanol–water partition coefficient (Wildman–Crippen LogP) is 2.58. The fourth-order valence-corrected chi connectivity index (χ4v) is 2.16. The smallest absolute Gasteiger partial charge is 0.229 e. The number of nitrogens with one attached hydrogen (secondary N) is 1. The lowest BCUT2D eigenvalue weighted by Crippen LogP contribution is -2.14. The Balaban J connectivity index is 1.72. The second kappa shape index (κ2) is 4.49. The van der Waals surface area contributed by atoms with E-state index in [9.17, 15) is 0 Å². The van der Waals surface area contributed by atoms with Crippen LogP contribution in [0.15, 0.2) is 6.20 Å². The molecule has 2 aromatic rings. The molecule has 6 heteroatoms. The molecule has 1 N–H and O–H groups in total.